The van der Waals surface area contributed by atoms with Gasteiger partial charge in [-0.15, -0.1) is 0 Å². The maximum Gasteiger partial charge on any atom is 0.159 e. The number of para-hydroxylation sites is 1. The Labute approximate surface area is 241 Å². The molecule has 3 nitrogen and oxygen atoms in total. The number of aromatic nitrogens is 1. The van der Waals surface area contributed by atoms with Gasteiger partial charge in [-0.3, -0.25) is 0 Å². The van der Waals surface area contributed by atoms with Crippen molar-refractivity contribution in [2.24, 2.45) is 0 Å². The normalized spacial score (nSPS) is 16.2. The lowest BCUT2D eigenvalue weighted by atomic mass is 9.86. The monoisotopic (exact) mass is 552 g/mol. The number of nitriles is 1. The minimum atomic E-state index is -0.714. The van der Waals surface area contributed by atoms with Crippen molar-refractivity contribution in [2.45, 2.75) is 38.5 Å². The van der Waals surface area contributed by atoms with Crippen LogP contribution in [0.4, 0.5) is 8.78 Å². The Morgan fingerprint density at radius 2 is 1.52 bits per heavy atom. The second-order valence-corrected chi connectivity index (χ2v) is 11.1. The largest absolute Gasteiger partial charge is 0.460 e. The second kappa shape index (κ2) is 9.56. The highest BCUT2D eigenvalue weighted by Gasteiger charge is 2.32. The Hall–Kier alpha value is -4.95. The fourth-order valence-electron chi connectivity index (χ4n) is 6.92. The quantitative estimate of drug-likeness (QED) is 0.223. The van der Waals surface area contributed by atoms with E-state index in [0.717, 1.165) is 57.8 Å². The summed E-state index contributed by atoms with van der Waals surface area (Å²) in [4.78, 5) is 0. The van der Waals surface area contributed by atoms with Crippen molar-refractivity contribution < 1.29 is 13.2 Å². The molecule has 0 spiro atoms. The Kier molecular flexibility index (Phi) is 5.65. The van der Waals surface area contributed by atoms with Crippen molar-refractivity contribution in [2.75, 3.05) is 0 Å². The molecule has 0 bridgehead atoms. The SMILES string of the molecule is N#Cc1c(C2=CC=CCC2)c(F)c(C2=CC=CCC2)c(F)c1-n1c2ccccc2c2ccc3oc4c(c3c21)C=CCC4. The minimum absolute atomic E-state index is 0.00909. The number of furan rings is 1. The summed E-state index contributed by atoms with van der Waals surface area (Å²) in [6, 6.07) is 14.1. The highest BCUT2D eigenvalue weighted by Crippen LogP contribution is 2.45. The van der Waals surface area contributed by atoms with Gasteiger partial charge < -0.3 is 8.98 Å². The summed E-state index contributed by atoms with van der Waals surface area (Å²) in [6.45, 7) is 0. The third kappa shape index (κ3) is 3.48. The number of nitrogens with zero attached hydrogens (tertiary/aromatic N) is 2. The standard InChI is InChI=1S/C37H26F2N2O/c38-34-31(22-11-3-1-4-12-22)27(21-40)37(35(39)32(34)23-13-5-2-6-14-23)41-28-17-9-7-15-24(28)25-19-20-30-33(36(25)41)26-16-8-10-18-29(26)42-30/h1-3,5,7-9,11,13,15-17,19-20H,4,6,10,12,14,18H2. The van der Waals surface area contributed by atoms with Gasteiger partial charge in [0.1, 0.15) is 28.9 Å². The third-order valence-electron chi connectivity index (χ3n) is 8.78. The minimum Gasteiger partial charge on any atom is -0.460 e. The highest BCUT2D eigenvalue weighted by molar-refractivity contribution is 6.20. The van der Waals surface area contributed by atoms with Gasteiger partial charge in [0, 0.05) is 28.3 Å². The molecule has 42 heavy (non-hydrogen) atoms. The maximum absolute atomic E-state index is 17.2. The summed E-state index contributed by atoms with van der Waals surface area (Å²) in [5.41, 5.74) is 4.75. The molecule has 0 atom stereocenters. The molecule has 3 aliphatic rings. The molecular formula is C37H26F2N2O. The number of hydrogen-bond donors (Lipinski definition) is 0. The second-order valence-electron chi connectivity index (χ2n) is 11.1. The molecular weight excluding hydrogens is 526 g/mol. The Bertz CT molecular complexity index is 2180. The van der Waals surface area contributed by atoms with Crippen molar-refractivity contribution in [3.63, 3.8) is 0 Å². The van der Waals surface area contributed by atoms with E-state index in [1.807, 2.05) is 71.3 Å². The molecule has 0 fully saturated rings. The molecule has 0 unspecified atom stereocenters. The van der Waals surface area contributed by atoms with E-state index in [1.54, 1.807) is 6.08 Å². The summed E-state index contributed by atoms with van der Waals surface area (Å²) < 4.78 is 42.1. The lowest BCUT2D eigenvalue weighted by Gasteiger charge is -2.22. The number of allylic oxidation sites excluding steroid dienone is 9. The average molecular weight is 553 g/mol. The van der Waals surface area contributed by atoms with Crippen LogP contribution in [0.25, 0.3) is 55.7 Å². The first-order valence-corrected chi connectivity index (χ1v) is 14.5. The predicted molar refractivity (Wildman–Crippen MR) is 165 cm³/mol. The number of fused-ring (bicyclic) bond motifs is 7. The van der Waals surface area contributed by atoms with E-state index in [-0.39, 0.29) is 22.4 Å². The first kappa shape index (κ1) is 24.8. The number of benzene rings is 3. The summed E-state index contributed by atoms with van der Waals surface area (Å²) >= 11 is 0. The predicted octanol–water partition coefficient (Wildman–Crippen LogP) is 10.1. The molecule has 0 aliphatic heterocycles. The first-order chi connectivity index (χ1) is 20.7. The summed E-state index contributed by atoms with van der Waals surface area (Å²) in [5.74, 6) is -0.476. The zero-order chi connectivity index (χ0) is 28.4. The van der Waals surface area contributed by atoms with Crippen LogP contribution in [0.3, 0.4) is 0 Å². The van der Waals surface area contributed by atoms with Crippen LogP contribution < -0.4 is 0 Å². The van der Waals surface area contributed by atoms with Crippen molar-refractivity contribution in [3.05, 3.63) is 119 Å². The van der Waals surface area contributed by atoms with E-state index < -0.39 is 11.6 Å². The molecule has 2 heterocycles. The van der Waals surface area contributed by atoms with Gasteiger partial charge in [0.25, 0.3) is 0 Å². The molecule has 0 saturated heterocycles. The van der Waals surface area contributed by atoms with Crippen LogP contribution in [0.2, 0.25) is 0 Å². The number of aryl methyl sites for hydroxylation is 1. The number of halogens is 2. The maximum atomic E-state index is 17.2. The van der Waals surface area contributed by atoms with Crippen LogP contribution >= 0.6 is 0 Å². The molecule has 2 aromatic heterocycles. The summed E-state index contributed by atoms with van der Waals surface area (Å²) in [6.07, 6.45) is 19.8. The van der Waals surface area contributed by atoms with Crippen molar-refractivity contribution in [1.82, 2.24) is 4.57 Å². The van der Waals surface area contributed by atoms with Crippen LogP contribution in [-0.2, 0) is 6.42 Å². The third-order valence-corrected chi connectivity index (χ3v) is 8.78. The van der Waals surface area contributed by atoms with Crippen LogP contribution in [0.15, 0.2) is 83.3 Å². The highest BCUT2D eigenvalue weighted by atomic mass is 19.1. The van der Waals surface area contributed by atoms with Gasteiger partial charge in [-0.25, -0.2) is 8.78 Å². The van der Waals surface area contributed by atoms with Crippen molar-refractivity contribution in [3.8, 4) is 11.8 Å². The van der Waals surface area contributed by atoms with Crippen LogP contribution in [0, 0.1) is 23.0 Å². The van der Waals surface area contributed by atoms with Crippen molar-refractivity contribution >= 4 is 50.0 Å². The fraction of sp³-hybridized carbons (Fsp3) is 0.162. The topological polar surface area (TPSA) is 41.9 Å². The molecule has 0 amide bonds. The van der Waals surface area contributed by atoms with Crippen LogP contribution in [-0.4, -0.2) is 4.57 Å². The molecule has 5 heteroatoms. The van der Waals surface area contributed by atoms with Gasteiger partial charge >= 0.3 is 0 Å². The van der Waals surface area contributed by atoms with Gasteiger partial charge in [-0.2, -0.15) is 5.26 Å². The molecule has 8 rings (SSSR count). The lowest BCUT2D eigenvalue weighted by molar-refractivity contribution is 0.546. The summed E-state index contributed by atoms with van der Waals surface area (Å²) in [5, 5.41) is 13.4. The van der Waals surface area contributed by atoms with E-state index in [4.69, 9.17) is 4.42 Å². The van der Waals surface area contributed by atoms with Gasteiger partial charge in [0.15, 0.2) is 5.82 Å². The smallest absolute Gasteiger partial charge is 0.159 e. The molecule has 3 aliphatic carbocycles. The van der Waals surface area contributed by atoms with Crippen molar-refractivity contribution in [1.29, 1.82) is 5.26 Å². The Balaban J connectivity index is 1.60. The van der Waals surface area contributed by atoms with E-state index in [0.29, 0.717) is 36.0 Å². The van der Waals surface area contributed by atoms with E-state index in [1.165, 1.54) is 0 Å². The van der Waals surface area contributed by atoms with E-state index >= 15 is 8.78 Å². The van der Waals surface area contributed by atoms with Crippen LogP contribution in [0.1, 0.15) is 60.1 Å². The van der Waals surface area contributed by atoms with E-state index in [2.05, 4.69) is 18.2 Å². The van der Waals surface area contributed by atoms with Gasteiger partial charge in [0.05, 0.1) is 27.5 Å². The Morgan fingerprint density at radius 3 is 2.26 bits per heavy atom. The zero-order valence-corrected chi connectivity index (χ0v) is 22.9. The number of hydrogen-bond acceptors (Lipinski definition) is 2. The molecule has 5 aromatic rings. The fourth-order valence-corrected chi connectivity index (χ4v) is 6.92. The Morgan fingerprint density at radius 1 is 0.786 bits per heavy atom. The first-order valence-electron chi connectivity index (χ1n) is 14.5. The zero-order valence-electron chi connectivity index (χ0n) is 22.9. The van der Waals surface area contributed by atoms with Gasteiger partial charge in [-0.05, 0) is 61.4 Å². The molecule has 0 radical (unpaired) electrons. The number of rotatable bonds is 3. The summed E-state index contributed by atoms with van der Waals surface area (Å²) in [7, 11) is 0. The average Bonchev–Trinajstić information content (AvgIpc) is 3.57. The van der Waals surface area contributed by atoms with Crippen LogP contribution in [0.5, 0.6) is 0 Å². The van der Waals surface area contributed by atoms with Gasteiger partial charge in [-0.1, -0.05) is 66.8 Å². The molecule has 3 aromatic carbocycles. The molecule has 0 saturated carbocycles. The van der Waals surface area contributed by atoms with Gasteiger partial charge in [0.2, 0.25) is 0 Å². The molecule has 0 N–H and O–H groups in total. The molecule has 204 valence electrons. The van der Waals surface area contributed by atoms with E-state index in [9.17, 15) is 5.26 Å². The lowest BCUT2D eigenvalue weighted by Crippen LogP contribution is -2.12.